The quantitative estimate of drug-likeness (QED) is 0.669. The summed E-state index contributed by atoms with van der Waals surface area (Å²) < 4.78 is 44.3. The van der Waals surface area contributed by atoms with Gasteiger partial charge in [-0.05, 0) is 60.6 Å². The van der Waals surface area contributed by atoms with Crippen LogP contribution in [0.3, 0.4) is 0 Å². The summed E-state index contributed by atoms with van der Waals surface area (Å²) in [6.45, 7) is 5.38. The van der Waals surface area contributed by atoms with Crippen molar-refractivity contribution >= 4 is 5.91 Å². The number of carbonyl (C=O) groups is 1. The van der Waals surface area contributed by atoms with Crippen LogP contribution in [0.4, 0.5) is 8.78 Å². The molecule has 0 radical (unpaired) electrons. The van der Waals surface area contributed by atoms with Gasteiger partial charge in [0.25, 0.3) is 0 Å². The van der Waals surface area contributed by atoms with Crippen LogP contribution in [-0.4, -0.2) is 49.8 Å². The Bertz CT molecular complexity index is 849. The molecule has 184 valence electrons. The highest BCUT2D eigenvalue weighted by Crippen LogP contribution is 2.62. The molecule has 0 spiro atoms. The first kappa shape index (κ1) is 24.5. The Kier molecular flexibility index (Phi) is 7.10. The molecular formula is C25H35F2NO5. The van der Waals surface area contributed by atoms with E-state index in [-0.39, 0.29) is 53.9 Å². The van der Waals surface area contributed by atoms with Gasteiger partial charge in [0.15, 0.2) is 6.29 Å². The normalized spacial score (nSPS) is 38.3. The molecule has 8 heteroatoms. The number of amides is 1. The van der Waals surface area contributed by atoms with Crippen LogP contribution in [-0.2, 0) is 25.5 Å². The lowest BCUT2D eigenvalue weighted by Gasteiger charge is -2.62. The summed E-state index contributed by atoms with van der Waals surface area (Å²) in [5, 5.41) is 13.7. The molecule has 4 rings (SSSR count). The number of carbonyl (C=O) groups excluding carboxylic acids is 1. The molecule has 1 aromatic carbocycles. The molecule has 1 aromatic rings. The summed E-state index contributed by atoms with van der Waals surface area (Å²) >= 11 is 0. The van der Waals surface area contributed by atoms with E-state index in [1.165, 1.54) is 12.1 Å². The average molecular weight is 468 g/mol. The third-order valence-electron chi connectivity index (χ3n) is 8.35. The van der Waals surface area contributed by atoms with E-state index in [4.69, 9.17) is 14.2 Å². The number of methoxy groups -OCH3 is 1. The Balaban J connectivity index is 1.45. The van der Waals surface area contributed by atoms with E-state index in [0.717, 1.165) is 25.3 Å². The first-order chi connectivity index (χ1) is 15.7. The molecular weight excluding hydrogens is 432 g/mol. The number of rotatable bonds is 6. The van der Waals surface area contributed by atoms with Gasteiger partial charge in [0, 0.05) is 31.6 Å². The second-order valence-electron chi connectivity index (χ2n) is 10.4. The SMILES string of the molecule is COC[C@@H]1OC[C@@]2(C)C3CC[C@@H](O)[C@@H](CC(=O)NCc4cc(F)cc(F)c4)[C@]3(C)CC[C@H]2O1. The number of aliphatic hydroxyl groups is 1. The molecule has 6 nitrogen and oxygen atoms in total. The second-order valence-corrected chi connectivity index (χ2v) is 10.4. The number of fused-ring (bicyclic) bond motifs is 3. The largest absolute Gasteiger partial charge is 0.393 e. The van der Waals surface area contributed by atoms with Gasteiger partial charge in [0.1, 0.15) is 11.6 Å². The lowest BCUT2D eigenvalue weighted by Crippen LogP contribution is -2.63. The number of nitrogens with one attached hydrogen (secondary N) is 1. The van der Waals surface area contributed by atoms with Gasteiger partial charge in [-0.25, -0.2) is 8.78 Å². The predicted octanol–water partition coefficient (Wildman–Crippen LogP) is 3.55. The maximum absolute atomic E-state index is 13.4. The van der Waals surface area contributed by atoms with Crippen LogP contribution in [0, 0.1) is 34.3 Å². The van der Waals surface area contributed by atoms with Gasteiger partial charge >= 0.3 is 0 Å². The van der Waals surface area contributed by atoms with E-state index in [0.29, 0.717) is 25.2 Å². The summed E-state index contributed by atoms with van der Waals surface area (Å²) in [7, 11) is 1.63. The summed E-state index contributed by atoms with van der Waals surface area (Å²) in [6.07, 6.45) is 2.45. The molecule has 0 bridgehead atoms. The first-order valence-corrected chi connectivity index (χ1v) is 11.8. The van der Waals surface area contributed by atoms with Gasteiger partial charge in [-0.15, -0.1) is 0 Å². The fourth-order valence-corrected chi connectivity index (χ4v) is 6.70. The van der Waals surface area contributed by atoms with Crippen LogP contribution in [0.2, 0.25) is 0 Å². The van der Waals surface area contributed by atoms with E-state index in [1.807, 2.05) is 0 Å². The van der Waals surface area contributed by atoms with Crippen LogP contribution in [0.1, 0.15) is 51.5 Å². The molecule has 7 atom stereocenters. The molecule has 3 aliphatic rings. The number of benzene rings is 1. The fraction of sp³-hybridized carbons (Fsp3) is 0.720. The van der Waals surface area contributed by atoms with Gasteiger partial charge in [-0.1, -0.05) is 13.8 Å². The van der Waals surface area contributed by atoms with Crippen molar-refractivity contribution in [1.29, 1.82) is 0 Å². The Hall–Kier alpha value is -1.61. The highest BCUT2D eigenvalue weighted by molar-refractivity contribution is 5.76. The number of ether oxygens (including phenoxy) is 3. The minimum absolute atomic E-state index is 0.0405. The molecule has 1 heterocycles. The zero-order chi connectivity index (χ0) is 23.8. The van der Waals surface area contributed by atoms with Crippen molar-refractivity contribution in [3.8, 4) is 0 Å². The number of aliphatic hydroxyl groups excluding tert-OH is 1. The van der Waals surface area contributed by atoms with Crippen LogP contribution >= 0.6 is 0 Å². The van der Waals surface area contributed by atoms with Crippen molar-refractivity contribution in [2.75, 3.05) is 20.3 Å². The molecule has 1 unspecified atom stereocenters. The highest BCUT2D eigenvalue weighted by atomic mass is 19.1. The minimum Gasteiger partial charge on any atom is -0.393 e. The molecule has 33 heavy (non-hydrogen) atoms. The van der Waals surface area contributed by atoms with Gasteiger partial charge < -0.3 is 24.6 Å². The Morgan fingerprint density at radius 1 is 1.18 bits per heavy atom. The molecule has 1 aliphatic heterocycles. The van der Waals surface area contributed by atoms with Gasteiger partial charge in [-0.2, -0.15) is 0 Å². The Morgan fingerprint density at radius 3 is 2.61 bits per heavy atom. The van der Waals surface area contributed by atoms with E-state index >= 15 is 0 Å². The van der Waals surface area contributed by atoms with Gasteiger partial charge in [0.2, 0.25) is 5.91 Å². The van der Waals surface area contributed by atoms with E-state index in [2.05, 4.69) is 19.2 Å². The summed E-state index contributed by atoms with van der Waals surface area (Å²) in [4.78, 5) is 12.8. The zero-order valence-corrected chi connectivity index (χ0v) is 19.6. The monoisotopic (exact) mass is 467 g/mol. The van der Waals surface area contributed by atoms with Crippen molar-refractivity contribution < 1.29 is 32.9 Å². The van der Waals surface area contributed by atoms with Crippen LogP contribution < -0.4 is 5.32 Å². The standard InChI is InChI=1S/C25H35F2NO5/c1-24-7-6-21-25(2,14-32-23(33-21)13-31-3)20(24)5-4-19(29)18(24)11-22(30)28-12-15-8-16(26)10-17(27)9-15/h8-10,18-21,23,29H,4-7,11-14H2,1-3H3,(H,28,30)/t18-,19-,20?,21-,23-,24+,25+/m1/s1. The molecule has 0 aromatic heterocycles. The third kappa shape index (κ3) is 4.81. The van der Waals surface area contributed by atoms with Crippen molar-refractivity contribution in [2.24, 2.45) is 22.7 Å². The molecule has 2 N–H and O–H groups in total. The molecule has 2 aliphatic carbocycles. The second kappa shape index (κ2) is 9.56. The summed E-state index contributed by atoms with van der Waals surface area (Å²) in [5.41, 5.74) is -0.0821. The number of hydrogen-bond acceptors (Lipinski definition) is 5. The smallest absolute Gasteiger partial charge is 0.220 e. The Labute approximate surface area is 194 Å². The summed E-state index contributed by atoms with van der Waals surface area (Å²) in [6, 6.07) is 3.22. The maximum atomic E-state index is 13.4. The van der Waals surface area contributed by atoms with Gasteiger partial charge in [-0.3, -0.25) is 4.79 Å². The van der Waals surface area contributed by atoms with Crippen molar-refractivity contribution in [3.63, 3.8) is 0 Å². The van der Waals surface area contributed by atoms with E-state index < -0.39 is 17.7 Å². The molecule has 3 fully saturated rings. The molecule has 2 saturated carbocycles. The first-order valence-electron chi connectivity index (χ1n) is 11.8. The van der Waals surface area contributed by atoms with E-state index in [1.54, 1.807) is 7.11 Å². The highest BCUT2D eigenvalue weighted by Gasteiger charge is 2.61. The van der Waals surface area contributed by atoms with Crippen LogP contribution in [0.15, 0.2) is 18.2 Å². The van der Waals surface area contributed by atoms with Gasteiger partial charge in [0.05, 0.1) is 25.4 Å². The van der Waals surface area contributed by atoms with E-state index in [9.17, 15) is 18.7 Å². The predicted molar refractivity (Wildman–Crippen MR) is 117 cm³/mol. The average Bonchev–Trinajstić information content (AvgIpc) is 2.75. The molecule has 1 amide bonds. The topological polar surface area (TPSA) is 77.0 Å². The minimum atomic E-state index is -0.674. The Morgan fingerprint density at radius 2 is 1.91 bits per heavy atom. The van der Waals surface area contributed by atoms with Crippen LogP contribution in [0.5, 0.6) is 0 Å². The maximum Gasteiger partial charge on any atom is 0.220 e. The van der Waals surface area contributed by atoms with Crippen molar-refractivity contribution in [3.05, 3.63) is 35.4 Å². The molecule has 1 saturated heterocycles. The van der Waals surface area contributed by atoms with Crippen molar-refractivity contribution in [2.45, 2.75) is 71.0 Å². The number of halogens is 2. The lowest BCUT2D eigenvalue weighted by atomic mass is 9.46. The van der Waals surface area contributed by atoms with Crippen LogP contribution in [0.25, 0.3) is 0 Å². The number of hydrogen-bond donors (Lipinski definition) is 2. The fourth-order valence-electron chi connectivity index (χ4n) is 6.70. The summed E-state index contributed by atoms with van der Waals surface area (Å²) in [5.74, 6) is -1.55. The zero-order valence-electron chi connectivity index (χ0n) is 19.6. The lowest BCUT2D eigenvalue weighted by molar-refractivity contribution is -0.315. The third-order valence-corrected chi connectivity index (χ3v) is 8.35. The van der Waals surface area contributed by atoms with Crippen molar-refractivity contribution in [1.82, 2.24) is 5.32 Å².